The maximum absolute atomic E-state index is 10.3. The molecular formula is C16H28N2O. The van der Waals surface area contributed by atoms with Crippen molar-refractivity contribution in [1.29, 1.82) is 0 Å². The van der Waals surface area contributed by atoms with Crippen molar-refractivity contribution >= 4 is 5.69 Å². The number of nitrogens with zero attached hydrogens (tertiary/aromatic N) is 1. The summed E-state index contributed by atoms with van der Waals surface area (Å²) in [5.41, 5.74) is 2.12. The van der Waals surface area contributed by atoms with Crippen molar-refractivity contribution in [3.63, 3.8) is 0 Å². The quantitative estimate of drug-likeness (QED) is 0.795. The first kappa shape index (κ1) is 16.0. The highest BCUT2D eigenvalue weighted by atomic mass is 16.3. The van der Waals surface area contributed by atoms with Crippen LogP contribution in [-0.2, 0) is 0 Å². The van der Waals surface area contributed by atoms with Gasteiger partial charge >= 0.3 is 0 Å². The van der Waals surface area contributed by atoms with Gasteiger partial charge in [0.2, 0.25) is 0 Å². The van der Waals surface area contributed by atoms with Gasteiger partial charge in [0.05, 0.1) is 6.10 Å². The number of hydrogen-bond donors (Lipinski definition) is 2. The van der Waals surface area contributed by atoms with Crippen LogP contribution >= 0.6 is 0 Å². The molecule has 0 bridgehead atoms. The number of anilines is 1. The second kappa shape index (κ2) is 7.51. The summed E-state index contributed by atoms with van der Waals surface area (Å²) in [5.74, 6) is 0.691. The van der Waals surface area contributed by atoms with E-state index in [1.807, 2.05) is 45.3 Å². The van der Waals surface area contributed by atoms with Crippen LogP contribution in [-0.4, -0.2) is 31.8 Å². The van der Waals surface area contributed by atoms with E-state index in [0.29, 0.717) is 5.92 Å². The lowest BCUT2D eigenvalue weighted by Crippen LogP contribution is -2.33. The Kier molecular flexibility index (Phi) is 6.32. The Labute approximate surface area is 117 Å². The molecule has 2 unspecified atom stereocenters. The van der Waals surface area contributed by atoms with Crippen molar-refractivity contribution in [1.82, 2.24) is 5.32 Å². The maximum Gasteiger partial charge on any atom is 0.0940 e. The fraction of sp³-hybridized carbons (Fsp3) is 0.625. The normalized spacial score (nSPS) is 14.5. The van der Waals surface area contributed by atoms with E-state index < -0.39 is 6.10 Å². The Hall–Kier alpha value is -1.06. The Balaban J connectivity index is 2.53. The summed E-state index contributed by atoms with van der Waals surface area (Å²) < 4.78 is 0. The standard InChI is InChI=1S/C16H28N2O/c1-12(2)10-11-17-13(3)16(19)14-6-8-15(9-7-14)18(4)5/h6-9,12-13,16-17,19H,10-11H2,1-5H3. The summed E-state index contributed by atoms with van der Waals surface area (Å²) in [4.78, 5) is 2.06. The molecule has 0 saturated heterocycles. The molecule has 2 N–H and O–H groups in total. The summed E-state index contributed by atoms with van der Waals surface area (Å²) >= 11 is 0. The summed E-state index contributed by atoms with van der Waals surface area (Å²) in [6.07, 6.45) is 0.680. The Morgan fingerprint density at radius 3 is 2.16 bits per heavy atom. The topological polar surface area (TPSA) is 35.5 Å². The van der Waals surface area contributed by atoms with Crippen molar-refractivity contribution in [3.05, 3.63) is 29.8 Å². The Morgan fingerprint density at radius 2 is 1.68 bits per heavy atom. The van der Waals surface area contributed by atoms with E-state index in [9.17, 15) is 5.11 Å². The van der Waals surface area contributed by atoms with E-state index in [-0.39, 0.29) is 6.04 Å². The molecule has 19 heavy (non-hydrogen) atoms. The van der Waals surface area contributed by atoms with Crippen molar-refractivity contribution < 1.29 is 5.11 Å². The number of benzene rings is 1. The van der Waals surface area contributed by atoms with E-state index in [0.717, 1.165) is 24.2 Å². The van der Waals surface area contributed by atoms with Crippen LogP contribution in [0.25, 0.3) is 0 Å². The molecule has 3 heteroatoms. The molecular weight excluding hydrogens is 236 g/mol. The molecule has 2 atom stereocenters. The first-order valence-electron chi connectivity index (χ1n) is 7.10. The van der Waals surface area contributed by atoms with Crippen LogP contribution in [0.2, 0.25) is 0 Å². The van der Waals surface area contributed by atoms with Gasteiger partial charge in [-0.1, -0.05) is 26.0 Å². The molecule has 3 nitrogen and oxygen atoms in total. The molecule has 0 amide bonds. The lowest BCUT2D eigenvalue weighted by atomic mass is 10.0. The minimum absolute atomic E-state index is 0.0731. The zero-order valence-electron chi connectivity index (χ0n) is 12.9. The molecule has 0 heterocycles. The van der Waals surface area contributed by atoms with Gasteiger partial charge in [-0.25, -0.2) is 0 Å². The fourth-order valence-electron chi connectivity index (χ4n) is 1.97. The average Bonchev–Trinajstić information content (AvgIpc) is 2.37. The van der Waals surface area contributed by atoms with Crippen LogP contribution in [0, 0.1) is 5.92 Å². The van der Waals surface area contributed by atoms with Crippen LogP contribution in [0.1, 0.15) is 38.9 Å². The fourth-order valence-corrected chi connectivity index (χ4v) is 1.97. The van der Waals surface area contributed by atoms with Gasteiger partial charge in [0, 0.05) is 25.8 Å². The van der Waals surface area contributed by atoms with Crippen molar-refractivity contribution in [2.24, 2.45) is 5.92 Å². The van der Waals surface area contributed by atoms with E-state index in [2.05, 4.69) is 24.1 Å². The summed E-state index contributed by atoms with van der Waals surface area (Å²) in [6, 6.07) is 8.16. The highest BCUT2D eigenvalue weighted by molar-refractivity contribution is 5.46. The van der Waals surface area contributed by atoms with Gasteiger partial charge in [-0.15, -0.1) is 0 Å². The van der Waals surface area contributed by atoms with E-state index in [1.54, 1.807) is 0 Å². The van der Waals surface area contributed by atoms with Gasteiger partial charge < -0.3 is 15.3 Å². The molecule has 1 rings (SSSR count). The molecule has 0 aliphatic carbocycles. The molecule has 0 saturated carbocycles. The van der Waals surface area contributed by atoms with E-state index in [4.69, 9.17) is 0 Å². The molecule has 0 spiro atoms. The van der Waals surface area contributed by atoms with E-state index >= 15 is 0 Å². The van der Waals surface area contributed by atoms with Crippen molar-refractivity contribution in [2.75, 3.05) is 25.5 Å². The molecule has 0 radical (unpaired) electrons. The van der Waals surface area contributed by atoms with Gasteiger partial charge in [0.15, 0.2) is 0 Å². The Morgan fingerprint density at radius 1 is 1.11 bits per heavy atom. The minimum Gasteiger partial charge on any atom is -0.387 e. The number of hydrogen-bond acceptors (Lipinski definition) is 3. The third-order valence-electron chi connectivity index (χ3n) is 3.41. The number of aliphatic hydroxyl groups is 1. The first-order chi connectivity index (χ1) is 8.91. The molecule has 1 aromatic carbocycles. The number of aliphatic hydroxyl groups excluding tert-OH is 1. The maximum atomic E-state index is 10.3. The van der Waals surface area contributed by atoms with Crippen molar-refractivity contribution in [2.45, 2.75) is 39.3 Å². The molecule has 0 aliphatic heterocycles. The van der Waals surface area contributed by atoms with Crippen LogP contribution in [0.3, 0.4) is 0 Å². The minimum atomic E-state index is -0.455. The lowest BCUT2D eigenvalue weighted by molar-refractivity contribution is 0.135. The highest BCUT2D eigenvalue weighted by Gasteiger charge is 2.15. The monoisotopic (exact) mass is 264 g/mol. The second-order valence-electron chi connectivity index (χ2n) is 5.86. The molecule has 108 valence electrons. The Bertz CT molecular complexity index is 360. The molecule has 0 aliphatic rings. The predicted molar refractivity (Wildman–Crippen MR) is 82.6 cm³/mol. The first-order valence-corrected chi connectivity index (χ1v) is 7.10. The smallest absolute Gasteiger partial charge is 0.0940 e. The van der Waals surface area contributed by atoms with Crippen LogP contribution in [0.15, 0.2) is 24.3 Å². The van der Waals surface area contributed by atoms with E-state index in [1.165, 1.54) is 0 Å². The molecule has 0 aromatic heterocycles. The summed E-state index contributed by atoms with van der Waals surface area (Å²) in [5, 5.41) is 13.7. The predicted octanol–water partition coefficient (Wildman–Crippen LogP) is 2.81. The number of nitrogens with one attached hydrogen (secondary N) is 1. The highest BCUT2D eigenvalue weighted by Crippen LogP contribution is 2.20. The average molecular weight is 264 g/mol. The lowest BCUT2D eigenvalue weighted by Gasteiger charge is -2.22. The van der Waals surface area contributed by atoms with Gasteiger partial charge in [-0.3, -0.25) is 0 Å². The molecule has 0 fully saturated rings. The summed E-state index contributed by atoms with van der Waals surface area (Å²) in [6.45, 7) is 7.40. The van der Waals surface area contributed by atoms with Crippen LogP contribution in [0.4, 0.5) is 5.69 Å². The van der Waals surface area contributed by atoms with Gasteiger partial charge in [0.25, 0.3) is 0 Å². The zero-order chi connectivity index (χ0) is 14.4. The summed E-state index contributed by atoms with van der Waals surface area (Å²) in [7, 11) is 4.03. The van der Waals surface area contributed by atoms with Crippen molar-refractivity contribution in [3.8, 4) is 0 Å². The third kappa shape index (κ3) is 5.21. The zero-order valence-corrected chi connectivity index (χ0v) is 12.9. The van der Waals surface area contributed by atoms with Crippen LogP contribution < -0.4 is 10.2 Å². The number of rotatable bonds is 7. The van der Waals surface area contributed by atoms with Gasteiger partial charge in [0.1, 0.15) is 0 Å². The largest absolute Gasteiger partial charge is 0.387 e. The molecule has 1 aromatic rings. The third-order valence-corrected chi connectivity index (χ3v) is 3.41. The van der Waals surface area contributed by atoms with Gasteiger partial charge in [-0.05, 0) is 43.5 Å². The van der Waals surface area contributed by atoms with Crippen LogP contribution in [0.5, 0.6) is 0 Å². The van der Waals surface area contributed by atoms with Gasteiger partial charge in [-0.2, -0.15) is 0 Å². The second-order valence-corrected chi connectivity index (χ2v) is 5.86. The SMILES string of the molecule is CC(C)CCNC(C)C(O)c1ccc(N(C)C)cc1.